The number of aromatic nitrogens is 4. The maximum atomic E-state index is 12.5. The second-order valence-electron chi connectivity index (χ2n) is 5.92. The zero-order chi connectivity index (χ0) is 16.9. The molecule has 0 bridgehead atoms. The summed E-state index contributed by atoms with van der Waals surface area (Å²) >= 11 is 5.89. The van der Waals surface area contributed by atoms with E-state index >= 15 is 0 Å². The van der Waals surface area contributed by atoms with Gasteiger partial charge in [-0.25, -0.2) is 0 Å². The van der Waals surface area contributed by atoms with Crippen LogP contribution in [-0.4, -0.2) is 45.2 Å². The van der Waals surface area contributed by atoms with Gasteiger partial charge in [0.2, 0.25) is 11.7 Å². The molecule has 24 heavy (non-hydrogen) atoms. The lowest BCUT2D eigenvalue weighted by molar-refractivity contribution is -0.125. The predicted molar refractivity (Wildman–Crippen MR) is 91.6 cm³/mol. The van der Waals surface area contributed by atoms with Crippen LogP contribution in [0, 0.1) is 0 Å². The fourth-order valence-corrected chi connectivity index (χ4v) is 2.92. The topological polar surface area (TPSA) is 84.7 Å². The number of halogens is 1. The third-order valence-electron chi connectivity index (χ3n) is 4.14. The summed E-state index contributed by atoms with van der Waals surface area (Å²) in [7, 11) is 0. The second-order valence-corrected chi connectivity index (χ2v) is 6.35. The van der Waals surface area contributed by atoms with Crippen molar-refractivity contribution in [2.45, 2.75) is 38.3 Å². The Kier molecular flexibility index (Phi) is 5.42. The Morgan fingerprint density at radius 2 is 2.25 bits per heavy atom. The maximum Gasteiger partial charge on any atom is 0.247 e. The highest BCUT2D eigenvalue weighted by atomic mass is 35.5. The van der Waals surface area contributed by atoms with Crippen molar-refractivity contribution in [1.29, 1.82) is 0 Å². The number of benzene rings is 1. The standard InChI is InChI=1S/C16H21ClN6O/c1-2-14(16(24)19-13-4-3-9-18-10-13)23-21-15(20-22-23)11-5-7-12(17)8-6-11/h5-8,13-14,18H,2-4,9-10H2,1H3,(H,19,24)/t13-,14?/m0/s1. The van der Waals surface area contributed by atoms with Gasteiger partial charge in [0.1, 0.15) is 0 Å². The molecule has 1 aromatic heterocycles. The largest absolute Gasteiger partial charge is 0.350 e. The SMILES string of the molecule is CCC(C(=O)N[C@H]1CCCNC1)n1nnc(-c2ccc(Cl)cc2)n1. The minimum atomic E-state index is -0.458. The van der Waals surface area contributed by atoms with E-state index in [2.05, 4.69) is 26.0 Å². The molecule has 0 saturated carbocycles. The van der Waals surface area contributed by atoms with Gasteiger partial charge in [-0.2, -0.15) is 4.80 Å². The molecule has 2 heterocycles. The Bertz CT molecular complexity index is 680. The number of carbonyl (C=O) groups excluding carboxylic acids is 1. The number of hydrogen-bond acceptors (Lipinski definition) is 5. The Balaban J connectivity index is 1.71. The lowest BCUT2D eigenvalue weighted by Gasteiger charge is -2.25. The number of piperidine rings is 1. The van der Waals surface area contributed by atoms with Crippen molar-refractivity contribution >= 4 is 17.5 Å². The molecule has 2 aromatic rings. The molecule has 2 N–H and O–H groups in total. The van der Waals surface area contributed by atoms with E-state index in [0.29, 0.717) is 17.3 Å². The van der Waals surface area contributed by atoms with Crippen LogP contribution < -0.4 is 10.6 Å². The first kappa shape index (κ1) is 16.9. The molecule has 1 fully saturated rings. The Morgan fingerprint density at radius 3 is 2.92 bits per heavy atom. The second kappa shape index (κ2) is 7.72. The van der Waals surface area contributed by atoms with Crippen molar-refractivity contribution < 1.29 is 4.79 Å². The molecule has 1 aliphatic heterocycles. The number of rotatable bonds is 5. The molecule has 3 rings (SSSR count). The van der Waals surface area contributed by atoms with Crippen LogP contribution in [0.3, 0.4) is 0 Å². The van der Waals surface area contributed by atoms with Gasteiger partial charge in [0.15, 0.2) is 6.04 Å². The summed E-state index contributed by atoms with van der Waals surface area (Å²) in [6.07, 6.45) is 2.67. The number of carbonyl (C=O) groups is 1. The van der Waals surface area contributed by atoms with Gasteiger partial charge in [-0.3, -0.25) is 4.79 Å². The summed E-state index contributed by atoms with van der Waals surface area (Å²) in [5, 5.41) is 19.5. The highest BCUT2D eigenvalue weighted by Gasteiger charge is 2.25. The van der Waals surface area contributed by atoms with E-state index in [1.54, 1.807) is 12.1 Å². The van der Waals surface area contributed by atoms with Crippen LogP contribution in [0.1, 0.15) is 32.2 Å². The number of amides is 1. The average molecular weight is 349 g/mol. The molecule has 8 heteroatoms. The van der Waals surface area contributed by atoms with E-state index in [1.807, 2.05) is 19.1 Å². The van der Waals surface area contributed by atoms with E-state index in [1.165, 1.54) is 4.80 Å². The van der Waals surface area contributed by atoms with E-state index < -0.39 is 6.04 Å². The van der Waals surface area contributed by atoms with Crippen LogP contribution >= 0.6 is 11.6 Å². The van der Waals surface area contributed by atoms with Crippen LogP contribution in [0.4, 0.5) is 0 Å². The molecular weight excluding hydrogens is 328 g/mol. The van der Waals surface area contributed by atoms with Crippen LogP contribution in [0.15, 0.2) is 24.3 Å². The van der Waals surface area contributed by atoms with Crippen LogP contribution in [0.25, 0.3) is 11.4 Å². The monoisotopic (exact) mass is 348 g/mol. The number of hydrogen-bond donors (Lipinski definition) is 2. The summed E-state index contributed by atoms with van der Waals surface area (Å²) < 4.78 is 0. The molecule has 1 aromatic carbocycles. The van der Waals surface area contributed by atoms with Gasteiger partial charge in [0.25, 0.3) is 0 Å². The van der Waals surface area contributed by atoms with Gasteiger partial charge in [0.05, 0.1) is 0 Å². The van der Waals surface area contributed by atoms with Gasteiger partial charge in [-0.05, 0) is 55.3 Å². The van der Waals surface area contributed by atoms with Gasteiger partial charge >= 0.3 is 0 Å². The zero-order valence-electron chi connectivity index (χ0n) is 13.6. The van der Waals surface area contributed by atoms with Crippen molar-refractivity contribution in [1.82, 2.24) is 30.8 Å². The van der Waals surface area contributed by atoms with Gasteiger partial charge in [-0.15, -0.1) is 10.2 Å². The third kappa shape index (κ3) is 3.91. The van der Waals surface area contributed by atoms with Crippen molar-refractivity contribution in [2.75, 3.05) is 13.1 Å². The summed E-state index contributed by atoms with van der Waals surface area (Å²) in [6, 6.07) is 6.92. The van der Waals surface area contributed by atoms with E-state index in [9.17, 15) is 4.79 Å². The molecule has 0 aliphatic carbocycles. The Labute approximate surface area is 145 Å². The number of tetrazole rings is 1. The minimum Gasteiger partial charge on any atom is -0.350 e. The van der Waals surface area contributed by atoms with Gasteiger partial charge < -0.3 is 10.6 Å². The van der Waals surface area contributed by atoms with E-state index in [-0.39, 0.29) is 11.9 Å². The van der Waals surface area contributed by atoms with Crippen LogP contribution in [-0.2, 0) is 4.79 Å². The van der Waals surface area contributed by atoms with Crippen molar-refractivity contribution in [3.05, 3.63) is 29.3 Å². The van der Waals surface area contributed by atoms with Gasteiger partial charge in [-0.1, -0.05) is 18.5 Å². The Hall–Kier alpha value is -1.99. The van der Waals surface area contributed by atoms with Crippen LogP contribution in [0.2, 0.25) is 5.02 Å². The zero-order valence-corrected chi connectivity index (χ0v) is 14.3. The molecule has 7 nitrogen and oxygen atoms in total. The third-order valence-corrected chi connectivity index (χ3v) is 4.39. The van der Waals surface area contributed by atoms with Crippen molar-refractivity contribution in [2.24, 2.45) is 0 Å². The van der Waals surface area contributed by atoms with Crippen molar-refractivity contribution in [3.63, 3.8) is 0 Å². The fraction of sp³-hybridized carbons (Fsp3) is 0.500. The summed E-state index contributed by atoms with van der Waals surface area (Å²) in [5.41, 5.74) is 0.817. The first-order chi connectivity index (χ1) is 11.7. The summed E-state index contributed by atoms with van der Waals surface area (Å²) in [5.74, 6) is 0.420. The smallest absolute Gasteiger partial charge is 0.247 e. The average Bonchev–Trinajstić information content (AvgIpc) is 3.07. The first-order valence-electron chi connectivity index (χ1n) is 8.24. The minimum absolute atomic E-state index is 0.0637. The molecule has 0 spiro atoms. The summed E-state index contributed by atoms with van der Waals surface area (Å²) in [4.78, 5) is 13.9. The molecule has 0 radical (unpaired) electrons. The lowest BCUT2D eigenvalue weighted by atomic mass is 10.1. The number of nitrogens with zero attached hydrogens (tertiary/aromatic N) is 4. The molecule has 1 saturated heterocycles. The maximum absolute atomic E-state index is 12.5. The van der Waals surface area contributed by atoms with E-state index in [4.69, 9.17) is 11.6 Å². The molecule has 2 atom stereocenters. The molecule has 1 unspecified atom stereocenters. The summed E-state index contributed by atoms with van der Waals surface area (Å²) in [6.45, 7) is 3.76. The quantitative estimate of drug-likeness (QED) is 0.860. The normalized spacial score (nSPS) is 19.0. The molecular formula is C16H21ClN6O. The Morgan fingerprint density at radius 1 is 1.46 bits per heavy atom. The molecule has 128 valence electrons. The van der Waals surface area contributed by atoms with Gasteiger partial charge in [0, 0.05) is 23.2 Å². The number of nitrogens with one attached hydrogen (secondary N) is 2. The highest BCUT2D eigenvalue weighted by Crippen LogP contribution is 2.18. The first-order valence-corrected chi connectivity index (χ1v) is 8.61. The predicted octanol–water partition coefficient (Wildman–Crippen LogP) is 1.81. The fourth-order valence-electron chi connectivity index (χ4n) is 2.80. The molecule has 1 amide bonds. The lowest BCUT2D eigenvalue weighted by Crippen LogP contribution is -2.47. The van der Waals surface area contributed by atoms with E-state index in [0.717, 1.165) is 31.5 Å². The van der Waals surface area contributed by atoms with Crippen LogP contribution in [0.5, 0.6) is 0 Å². The highest BCUT2D eigenvalue weighted by molar-refractivity contribution is 6.30. The molecule has 1 aliphatic rings. The van der Waals surface area contributed by atoms with Crippen molar-refractivity contribution in [3.8, 4) is 11.4 Å².